The Morgan fingerprint density at radius 2 is 2.04 bits per heavy atom. The van der Waals surface area contributed by atoms with Crippen molar-refractivity contribution < 1.29 is 4.48 Å². The van der Waals surface area contributed by atoms with Gasteiger partial charge in [-0.2, -0.15) is 0 Å². The second-order valence-corrected chi connectivity index (χ2v) is 7.65. The van der Waals surface area contributed by atoms with Gasteiger partial charge in [-0.3, -0.25) is 0 Å². The Balaban J connectivity index is 1.87. The molecule has 3 rings (SSSR count). The summed E-state index contributed by atoms with van der Waals surface area (Å²) in [5.41, 5.74) is 19.0. The number of aromatic nitrogens is 1. The van der Waals surface area contributed by atoms with E-state index in [1.165, 1.54) is 12.6 Å². The summed E-state index contributed by atoms with van der Waals surface area (Å²) in [6.45, 7) is 4.49. The molecular formula is C18H27FN4. The number of aryl methyl sites for hydroxylation is 1. The van der Waals surface area contributed by atoms with Crippen LogP contribution in [0.5, 0.6) is 0 Å². The zero-order valence-electron chi connectivity index (χ0n) is 14.2. The van der Waals surface area contributed by atoms with Crippen molar-refractivity contribution in [2.75, 3.05) is 7.05 Å². The molecule has 1 aromatic heterocycles. The van der Waals surface area contributed by atoms with E-state index in [0.717, 1.165) is 48.3 Å². The third-order valence-electron chi connectivity index (χ3n) is 5.17. The number of hydrogen-bond acceptors (Lipinski definition) is 3. The molecular weight excluding hydrogens is 291 g/mol. The van der Waals surface area contributed by atoms with Crippen LogP contribution >= 0.6 is 0 Å². The van der Waals surface area contributed by atoms with E-state index in [0.29, 0.717) is 17.2 Å². The molecule has 2 aliphatic rings. The Labute approximate surface area is 137 Å². The lowest BCUT2D eigenvalue weighted by molar-refractivity contribution is 0.104. The summed E-state index contributed by atoms with van der Waals surface area (Å²) < 4.78 is 13.4. The third-order valence-corrected chi connectivity index (χ3v) is 5.17. The SMILES string of the molecule is CN(F)C1=Cc2[nH]c(C(N)C3=C(N)CC(C)(C)CC3)cc2CC1. The molecule has 126 valence electrons. The monoisotopic (exact) mass is 318 g/mol. The van der Waals surface area contributed by atoms with Crippen molar-refractivity contribution in [1.29, 1.82) is 0 Å². The van der Waals surface area contributed by atoms with E-state index in [-0.39, 0.29) is 11.5 Å². The van der Waals surface area contributed by atoms with Gasteiger partial charge < -0.3 is 16.5 Å². The fourth-order valence-electron chi connectivity index (χ4n) is 3.68. The highest BCUT2D eigenvalue weighted by Crippen LogP contribution is 2.40. The van der Waals surface area contributed by atoms with E-state index >= 15 is 0 Å². The van der Waals surface area contributed by atoms with Crippen molar-refractivity contribution in [2.45, 2.75) is 52.0 Å². The summed E-state index contributed by atoms with van der Waals surface area (Å²) in [7, 11) is 1.43. The first-order chi connectivity index (χ1) is 10.8. The lowest BCUT2D eigenvalue weighted by atomic mass is 9.75. The Morgan fingerprint density at radius 1 is 1.30 bits per heavy atom. The minimum atomic E-state index is -0.198. The van der Waals surface area contributed by atoms with Gasteiger partial charge in [0.2, 0.25) is 0 Å². The van der Waals surface area contributed by atoms with Crippen molar-refractivity contribution in [1.82, 2.24) is 10.1 Å². The van der Waals surface area contributed by atoms with Crippen molar-refractivity contribution in [2.24, 2.45) is 16.9 Å². The molecule has 1 atom stereocenters. The van der Waals surface area contributed by atoms with Gasteiger partial charge in [0, 0.05) is 29.8 Å². The van der Waals surface area contributed by atoms with Crippen LogP contribution in [0.4, 0.5) is 4.48 Å². The highest BCUT2D eigenvalue weighted by atomic mass is 19.2. The van der Waals surface area contributed by atoms with Crippen LogP contribution in [-0.4, -0.2) is 17.2 Å². The number of hydrogen-bond donors (Lipinski definition) is 3. The van der Waals surface area contributed by atoms with Crippen molar-refractivity contribution >= 4 is 6.08 Å². The molecule has 0 aromatic carbocycles. The van der Waals surface area contributed by atoms with Crippen LogP contribution in [0.25, 0.3) is 6.08 Å². The average molecular weight is 318 g/mol. The molecule has 0 radical (unpaired) electrons. The number of rotatable bonds is 3. The van der Waals surface area contributed by atoms with Crippen LogP contribution in [0.3, 0.4) is 0 Å². The van der Waals surface area contributed by atoms with Crippen LogP contribution in [0, 0.1) is 5.41 Å². The number of nitrogens with one attached hydrogen (secondary N) is 1. The van der Waals surface area contributed by atoms with Gasteiger partial charge in [0.05, 0.1) is 6.04 Å². The number of halogens is 1. The van der Waals surface area contributed by atoms with Crippen LogP contribution in [0.15, 0.2) is 23.0 Å². The molecule has 4 nitrogen and oxygen atoms in total. The summed E-state index contributed by atoms with van der Waals surface area (Å²) in [5, 5.41) is 0.688. The Kier molecular flexibility index (Phi) is 4.00. The van der Waals surface area contributed by atoms with Crippen molar-refractivity contribution in [3.05, 3.63) is 40.0 Å². The van der Waals surface area contributed by atoms with Gasteiger partial charge >= 0.3 is 0 Å². The van der Waals surface area contributed by atoms with E-state index in [1.807, 2.05) is 6.08 Å². The van der Waals surface area contributed by atoms with E-state index in [2.05, 4.69) is 24.9 Å². The van der Waals surface area contributed by atoms with Gasteiger partial charge in [-0.25, -0.2) is 5.12 Å². The molecule has 23 heavy (non-hydrogen) atoms. The Bertz CT molecular complexity index is 667. The second-order valence-electron chi connectivity index (χ2n) is 7.65. The predicted molar refractivity (Wildman–Crippen MR) is 91.7 cm³/mol. The summed E-state index contributed by atoms with van der Waals surface area (Å²) >= 11 is 0. The van der Waals surface area contributed by atoms with Crippen LogP contribution < -0.4 is 11.5 Å². The summed E-state index contributed by atoms with van der Waals surface area (Å²) in [6.07, 6.45) is 6.36. The summed E-state index contributed by atoms with van der Waals surface area (Å²) in [5.74, 6) is 0. The molecule has 1 heterocycles. The van der Waals surface area contributed by atoms with Crippen molar-refractivity contribution in [3.8, 4) is 0 Å². The van der Waals surface area contributed by atoms with E-state index in [9.17, 15) is 4.48 Å². The highest BCUT2D eigenvalue weighted by Gasteiger charge is 2.29. The molecule has 1 unspecified atom stereocenters. The van der Waals surface area contributed by atoms with Crippen LogP contribution in [0.2, 0.25) is 0 Å². The maximum absolute atomic E-state index is 13.4. The second kappa shape index (κ2) is 5.71. The van der Waals surface area contributed by atoms with Gasteiger partial charge in [0.15, 0.2) is 0 Å². The lowest BCUT2D eigenvalue weighted by Crippen LogP contribution is -2.27. The first-order valence-electron chi connectivity index (χ1n) is 8.32. The summed E-state index contributed by atoms with van der Waals surface area (Å²) in [6, 6.07) is 1.92. The minimum absolute atomic E-state index is 0.198. The lowest BCUT2D eigenvalue weighted by Gasteiger charge is -2.33. The Morgan fingerprint density at radius 3 is 2.70 bits per heavy atom. The molecule has 0 fully saturated rings. The van der Waals surface area contributed by atoms with E-state index < -0.39 is 0 Å². The number of H-pyrrole nitrogens is 1. The fourth-order valence-corrected chi connectivity index (χ4v) is 3.68. The molecule has 2 aliphatic carbocycles. The van der Waals surface area contributed by atoms with Gasteiger partial charge in [-0.1, -0.05) is 13.8 Å². The quantitative estimate of drug-likeness (QED) is 0.747. The van der Waals surface area contributed by atoms with Crippen LogP contribution in [0.1, 0.15) is 62.5 Å². The topological polar surface area (TPSA) is 71.1 Å². The molecule has 0 spiro atoms. The van der Waals surface area contributed by atoms with Gasteiger partial charge in [0.25, 0.3) is 0 Å². The first kappa shape index (κ1) is 16.1. The summed E-state index contributed by atoms with van der Waals surface area (Å²) in [4.78, 5) is 3.37. The number of allylic oxidation sites excluding steroid dienone is 2. The van der Waals surface area contributed by atoms with Gasteiger partial charge in [-0.05, 0) is 60.8 Å². The van der Waals surface area contributed by atoms with Gasteiger partial charge in [0.1, 0.15) is 0 Å². The maximum atomic E-state index is 13.4. The number of nitrogens with zero attached hydrogens (tertiary/aromatic N) is 1. The third kappa shape index (κ3) is 3.15. The number of aromatic amines is 1. The molecule has 0 saturated carbocycles. The number of fused-ring (bicyclic) bond motifs is 1. The Hall–Kier alpha value is -1.75. The zero-order valence-corrected chi connectivity index (χ0v) is 14.2. The van der Waals surface area contributed by atoms with Crippen molar-refractivity contribution in [3.63, 3.8) is 0 Å². The molecule has 0 aliphatic heterocycles. The zero-order chi connectivity index (χ0) is 16.8. The van der Waals surface area contributed by atoms with E-state index in [1.54, 1.807) is 0 Å². The van der Waals surface area contributed by atoms with Crippen LogP contribution in [-0.2, 0) is 6.42 Å². The minimum Gasteiger partial charge on any atom is -0.402 e. The standard InChI is InChI=1S/C18H27FN4/c1-18(2)7-6-13(14(20)10-18)17(21)16-8-11-4-5-12(23(3)19)9-15(11)22-16/h8-9,17,22H,4-7,10,20-21H2,1-3H3. The largest absolute Gasteiger partial charge is 0.402 e. The normalized spacial score (nSPS) is 21.7. The molecule has 5 heteroatoms. The molecule has 0 amide bonds. The molecule has 1 aromatic rings. The molecule has 0 bridgehead atoms. The smallest absolute Gasteiger partial charge is 0.0683 e. The maximum Gasteiger partial charge on any atom is 0.0683 e. The van der Waals surface area contributed by atoms with Gasteiger partial charge in [-0.15, -0.1) is 4.48 Å². The molecule has 0 saturated heterocycles. The first-order valence-corrected chi connectivity index (χ1v) is 8.32. The average Bonchev–Trinajstić information content (AvgIpc) is 2.88. The predicted octanol–water partition coefficient (Wildman–Crippen LogP) is 3.54. The number of nitrogens with two attached hydrogens (primary N) is 2. The van der Waals surface area contributed by atoms with E-state index in [4.69, 9.17) is 11.5 Å². The highest BCUT2D eigenvalue weighted by molar-refractivity contribution is 5.57. The fraction of sp³-hybridized carbons (Fsp3) is 0.556. The molecule has 5 N–H and O–H groups in total.